The van der Waals surface area contributed by atoms with Gasteiger partial charge >= 0.3 is 0 Å². The predicted octanol–water partition coefficient (Wildman–Crippen LogP) is 1.37. The second kappa shape index (κ2) is 5.54. The lowest BCUT2D eigenvalue weighted by atomic mass is 10.4. The van der Waals surface area contributed by atoms with E-state index in [0.717, 1.165) is 19.4 Å². The monoisotopic (exact) mass is 213 g/mol. The van der Waals surface area contributed by atoms with Crippen molar-refractivity contribution in [2.45, 2.75) is 12.8 Å². The molecule has 1 saturated heterocycles. The number of halogens is 1. The Hall–Kier alpha value is -1.16. The Labute approximate surface area is 87.9 Å². The Kier molecular flexibility index (Phi) is 4.32. The molecule has 1 aliphatic rings. The summed E-state index contributed by atoms with van der Waals surface area (Å²) in [6.45, 7) is 0.957. The molecule has 0 bridgehead atoms. The largest absolute Gasteiger partial charge is 0.346 e. The maximum Gasteiger partial charge on any atom is 0.222 e. The van der Waals surface area contributed by atoms with Gasteiger partial charge in [0.25, 0.3) is 0 Å². The maximum atomic E-state index is 10.5. The van der Waals surface area contributed by atoms with Crippen LogP contribution in [-0.2, 0) is 4.79 Å². The fourth-order valence-corrected chi connectivity index (χ4v) is 1.18. The van der Waals surface area contributed by atoms with Crippen molar-refractivity contribution in [1.29, 1.82) is 0 Å². The number of carbonyl (C=O) groups excluding carboxylic acids is 1. The van der Waals surface area contributed by atoms with E-state index < -0.39 is 0 Å². The lowest BCUT2D eigenvalue weighted by Crippen LogP contribution is -2.17. The zero-order valence-corrected chi connectivity index (χ0v) is 8.74. The average Bonchev–Trinajstić information content (AvgIpc) is 2.53. The Balaban J connectivity index is 0.000000140. The Bertz CT molecular complexity index is 291. The molecule has 2 rings (SSSR count). The summed E-state index contributed by atoms with van der Waals surface area (Å²) < 4.78 is 0. The van der Waals surface area contributed by atoms with Crippen LogP contribution in [-0.4, -0.2) is 34.4 Å². The maximum absolute atomic E-state index is 10.5. The molecule has 4 nitrogen and oxygen atoms in total. The van der Waals surface area contributed by atoms with Crippen LogP contribution in [0.2, 0.25) is 5.28 Å². The number of aromatic nitrogens is 2. The van der Waals surface area contributed by atoms with E-state index in [0.29, 0.717) is 11.2 Å². The molecule has 0 saturated carbocycles. The van der Waals surface area contributed by atoms with Crippen LogP contribution in [0.4, 0.5) is 0 Å². The molecule has 1 fully saturated rings. The molecule has 0 aliphatic carbocycles. The van der Waals surface area contributed by atoms with Gasteiger partial charge in [-0.15, -0.1) is 0 Å². The Morgan fingerprint density at radius 1 is 1.43 bits per heavy atom. The minimum absolute atomic E-state index is 0.292. The van der Waals surface area contributed by atoms with Gasteiger partial charge < -0.3 is 4.90 Å². The normalized spacial score (nSPS) is 15.0. The van der Waals surface area contributed by atoms with Crippen LogP contribution in [0, 0.1) is 0 Å². The lowest BCUT2D eigenvalue weighted by molar-refractivity contribution is -0.126. The molecular weight excluding hydrogens is 202 g/mol. The van der Waals surface area contributed by atoms with Crippen LogP contribution < -0.4 is 0 Å². The molecule has 0 N–H and O–H groups in total. The van der Waals surface area contributed by atoms with Crippen molar-refractivity contribution in [3.63, 3.8) is 0 Å². The quantitative estimate of drug-likeness (QED) is 0.612. The van der Waals surface area contributed by atoms with Crippen molar-refractivity contribution in [3.8, 4) is 0 Å². The summed E-state index contributed by atoms with van der Waals surface area (Å²) in [6.07, 6.45) is 5.00. The molecule has 14 heavy (non-hydrogen) atoms. The molecule has 0 spiro atoms. The third-order valence-electron chi connectivity index (χ3n) is 1.84. The summed E-state index contributed by atoms with van der Waals surface area (Å²) in [4.78, 5) is 19.5. The molecule has 1 aromatic rings. The molecule has 1 aliphatic heterocycles. The van der Waals surface area contributed by atoms with Crippen LogP contribution in [0.25, 0.3) is 0 Å². The summed E-state index contributed by atoms with van der Waals surface area (Å²) in [5, 5.41) is 0.294. The van der Waals surface area contributed by atoms with Gasteiger partial charge in [0.15, 0.2) is 0 Å². The van der Waals surface area contributed by atoms with Gasteiger partial charge in [-0.1, -0.05) is 0 Å². The van der Waals surface area contributed by atoms with E-state index in [9.17, 15) is 4.79 Å². The standard InChI is InChI=1S/C5H9NO.C4H3ClN2/c1-6-4-2-3-5(6)7;5-4-6-2-1-3-7-4/h2-4H2,1H3;1-3H. The minimum atomic E-state index is 0.292. The highest BCUT2D eigenvalue weighted by Gasteiger charge is 2.14. The summed E-state index contributed by atoms with van der Waals surface area (Å²) in [5.41, 5.74) is 0. The van der Waals surface area contributed by atoms with Crippen LogP contribution in [0.5, 0.6) is 0 Å². The van der Waals surface area contributed by atoms with Crippen molar-refractivity contribution in [1.82, 2.24) is 14.9 Å². The molecule has 1 aromatic heterocycles. The van der Waals surface area contributed by atoms with E-state index in [1.54, 1.807) is 23.4 Å². The van der Waals surface area contributed by atoms with Crippen LogP contribution in [0.3, 0.4) is 0 Å². The minimum Gasteiger partial charge on any atom is -0.346 e. The first-order valence-electron chi connectivity index (χ1n) is 4.36. The van der Waals surface area contributed by atoms with Gasteiger partial charge in [0, 0.05) is 32.4 Å². The molecule has 0 atom stereocenters. The number of amides is 1. The van der Waals surface area contributed by atoms with E-state index in [1.165, 1.54) is 0 Å². The SMILES string of the molecule is CN1CCCC1=O.Clc1ncccn1. The van der Waals surface area contributed by atoms with Crippen molar-refractivity contribution in [3.05, 3.63) is 23.7 Å². The Morgan fingerprint density at radius 3 is 2.29 bits per heavy atom. The number of carbonyl (C=O) groups is 1. The van der Waals surface area contributed by atoms with E-state index in [4.69, 9.17) is 11.6 Å². The van der Waals surface area contributed by atoms with Crippen LogP contribution in [0.15, 0.2) is 18.5 Å². The zero-order valence-electron chi connectivity index (χ0n) is 7.98. The molecule has 1 amide bonds. The first-order chi connectivity index (χ1) is 6.70. The molecule has 2 heterocycles. The fourth-order valence-electron chi connectivity index (χ4n) is 1.06. The van der Waals surface area contributed by atoms with E-state index >= 15 is 0 Å². The highest BCUT2D eigenvalue weighted by molar-refractivity contribution is 6.28. The number of likely N-dealkylation sites (tertiary alicyclic amines) is 1. The second-order valence-corrected chi connectivity index (χ2v) is 3.27. The fraction of sp³-hybridized carbons (Fsp3) is 0.444. The first-order valence-corrected chi connectivity index (χ1v) is 4.74. The van der Waals surface area contributed by atoms with Crippen molar-refractivity contribution >= 4 is 17.5 Å². The summed E-state index contributed by atoms with van der Waals surface area (Å²) in [5.74, 6) is 0.292. The number of nitrogens with zero attached hydrogens (tertiary/aromatic N) is 3. The van der Waals surface area contributed by atoms with E-state index in [1.807, 2.05) is 7.05 Å². The van der Waals surface area contributed by atoms with E-state index in [-0.39, 0.29) is 0 Å². The first kappa shape index (κ1) is 10.9. The van der Waals surface area contributed by atoms with E-state index in [2.05, 4.69) is 9.97 Å². The van der Waals surface area contributed by atoms with Gasteiger partial charge in [-0.3, -0.25) is 4.79 Å². The predicted molar refractivity (Wildman–Crippen MR) is 53.9 cm³/mol. The summed E-state index contributed by atoms with van der Waals surface area (Å²) in [7, 11) is 1.84. The third kappa shape index (κ3) is 3.70. The molecule has 0 unspecified atom stereocenters. The topological polar surface area (TPSA) is 46.1 Å². The number of hydrogen-bond acceptors (Lipinski definition) is 3. The molecule has 0 radical (unpaired) electrons. The van der Waals surface area contributed by atoms with Crippen LogP contribution >= 0.6 is 11.6 Å². The summed E-state index contributed by atoms with van der Waals surface area (Å²) in [6, 6.07) is 1.71. The van der Waals surface area contributed by atoms with Gasteiger partial charge in [-0.25, -0.2) is 9.97 Å². The molecule has 0 aromatic carbocycles. The highest BCUT2D eigenvalue weighted by atomic mass is 35.5. The van der Waals surface area contributed by atoms with Gasteiger partial charge in [0.2, 0.25) is 11.2 Å². The van der Waals surface area contributed by atoms with Gasteiger partial charge in [-0.2, -0.15) is 0 Å². The molecule has 76 valence electrons. The zero-order chi connectivity index (χ0) is 10.4. The summed E-state index contributed by atoms with van der Waals surface area (Å²) >= 11 is 5.32. The van der Waals surface area contributed by atoms with Gasteiger partial charge in [-0.05, 0) is 24.1 Å². The smallest absolute Gasteiger partial charge is 0.222 e. The average molecular weight is 214 g/mol. The van der Waals surface area contributed by atoms with Crippen LogP contribution in [0.1, 0.15) is 12.8 Å². The third-order valence-corrected chi connectivity index (χ3v) is 2.04. The van der Waals surface area contributed by atoms with Crippen molar-refractivity contribution in [2.75, 3.05) is 13.6 Å². The molecular formula is C9H12ClN3O. The number of rotatable bonds is 0. The second-order valence-electron chi connectivity index (χ2n) is 2.94. The number of hydrogen-bond donors (Lipinski definition) is 0. The van der Waals surface area contributed by atoms with Gasteiger partial charge in [0.1, 0.15) is 0 Å². The highest BCUT2D eigenvalue weighted by Crippen LogP contribution is 2.04. The Morgan fingerprint density at radius 2 is 2.07 bits per heavy atom. The van der Waals surface area contributed by atoms with Gasteiger partial charge in [0.05, 0.1) is 0 Å². The lowest BCUT2D eigenvalue weighted by Gasteiger charge is -2.03. The van der Waals surface area contributed by atoms with Crippen molar-refractivity contribution in [2.24, 2.45) is 0 Å². The van der Waals surface area contributed by atoms with Crippen molar-refractivity contribution < 1.29 is 4.79 Å². The molecule has 5 heteroatoms.